The van der Waals surface area contributed by atoms with E-state index >= 15 is 0 Å². The van der Waals surface area contributed by atoms with Gasteiger partial charge in [0.1, 0.15) is 5.75 Å². The molecule has 0 aliphatic carbocycles. The highest BCUT2D eigenvalue weighted by Gasteiger charge is 2.18. The molecule has 1 unspecified atom stereocenters. The molecule has 1 N–H and O–H groups in total. The third-order valence-corrected chi connectivity index (χ3v) is 3.52. The Labute approximate surface area is 116 Å². The highest BCUT2D eigenvalue weighted by atomic mass is 16.5. The first kappa shape index (κ1) is 14.4. The molecule has 0 saturated carbocycles. The molecule has 1 aliphatic rings. The van der Waals surface area contributed by atoms with Gasteiger partial charge >= 0.3 is 0 Å². The summed E-state index contributed by atoms with van der Waals surface area (Å²) in [6.07, 6.45) is 1.55. The summed E-state index contributed by atoms with van der Waals surface area (Å²) in [6, 6.07) is 8.38. The lowest BCUT2D eigenvalue weighted by Crippen LogP contribution is -2.24. The zero-order chi connectivity index (χ0) is 13.7. The van der Waals surface area contributed by atoms with Crippen LogP contribution in [0.4, 0.5) is 0 Å². The highest BCUT2D eigenvalue weighted by molar-refractivity contribution is 5.28. The van der Waals surface area contributed by atoms with Gasteiger partial charge in [0.15, 0.2) is 0 Å². The maximum absolute atomic E-state index is 5.71. The quantitative estimate of drug-likeness (QED) is 0.852. The molecular weight excluding hydrogens is 236 g/mol. The van der Waals surface area contributed by atoms with Crippen molar-refractivity contribution < 1.29 is 4.74 Å². The Bertz CT molecular complexity index is 392. The third kappa shape index (κ3) is 4.84. The van der Waals surface area contributed by atoms with E-state index in [-0.39, 0.29) is 6.10 Å². The number of rotatable bonds is 6. The van der Waals surface area contributed by atoms with Gasteiger partial charge in [-0.1, -0.05) is 12.1 Å². The van der Waals surface area contributed by atoms with Gasteiger partial charge in [-0.3, -0.25) is 0 Å². The minimum absolute atomic E-state index is 0.234. The topological polar surface area (TPSA) is 24.5 Å². The van der Waals surface area contributed by atoms with Crippen molar-refractivity contribution in [3.05, 3.63) is 29.8 Å². The van der Waals surface area contributed by atoms with E-state index in [4.69, 9.17) is 4.74 Å². The molecule has 0 bridgehead atoms. The molecule has 1 fully saturated rings. The number of benzene rings is 1. The van der Waals surface area contributed by atoms with Crippen molar-refractivity contribution in [3.63, 3.8) is 0 Å². The van der Waals surface area contributed by atoms with Crippen LogP contribution in [0.5, 0.6) is 5.75 Å². The van der Waals surface area contributed by atoms with Crippen LogP contribution in [-0.2, 0) is 6.54 Å². The average Bonchev–Trinajstić information content (AvgIpc) is 2.75. The number of likely N-dealkylation sites (tertiary alicyclic amines) is 1. The molecule has 3 nitrogen and oxygen atoms in total. The molecule has 1 heterocycles. The first-order chi connectivity index (χ1) is 9.13. The van der Waals surface area contributed by atoms with Gasteiger partial charge in [-0.2, -0.15) is 0 Å². The summed E-state index contributed by atoms with van der Waals surface area (Å²) in [6.45, 7) is 8.62. The number of nitrogens with zero attached hydrogens (tertiary/aromatic N) is 1. The molecule has 2 rings (SSSR count). The fourth-order valence-electron chi connectivity index (χ4n) is 2.61. The van der Waals surface area contributed by atoms with E-state index in [1.54, 1.807) is 0 Å². The Morgan fingerprint density at radius 2 is 2.26 bits per heavy atom. The van der Waals surface area contributed by atoms with E-state index in [9.17, 15) is 0 Å². The summed E-state index contributed by atoms with van der Waals surface area (Å²) < 4.78 is 5.71. The van der Waals surface area contributed by atoms with E-state index in [0.717, 1.165) is 24.8 Å². The van der Waals surface area contributed by atoms with Crippen molar-refractivity contribution in [2.24, 2.45) is 5.92 Å². The molecule has 3 heteroatoms. The number of hydrogen-bond acceptors (Lipinski definition) is 3. The third-order valence-electron chi connectivity index (χ3n) is 3.52. The molecule has 1 aliphatic heterocycles. The van der Waals surface area contributed by atoms with Gasteiger partial charge in [-0.25, -0.2) is 0 Å². The molecule has 0 amide bonds. The second kappa shape index (κ2) is 6.92. The zero-order valence-electron chi connectivity index (χ0n) is 12.4. The van der Waals surface area contributed by atoms with Crippen molar-refractivity contribution in [2.75, 3.05) is 26.7 Å². The Balaban J connectivity index is 1.76. The Hall–Kier alpha value is -1.06. The maximum Gasteiger partial charge on any atom is 0.120 e. The zero-order valence-corrected chi connectivity index (χ0v) is 12.4. The summed E-state index contributed by atoms with van der Waals surface area (Å²) in [7, 11) is 2.20. The van der Waals surface area contributed by atoms with Crippen LogP contribution in [0.1, 0.15) is 25.8 Å². The Morgan fingerprint density at radius 3 is 2.95 bits per heavy atom. The summed E-state index contributed by atoms with van der Waals surface area (Å²) in [5.74, 6) is 1.77. The van der Waals surface area contributed by atoms with E-state index in [2.05, 4.69) is 49.3 Å². The molecule has 106 valence electrons. The lowest BCUT2D eigenvalue weighted by molar-refractivity contribution is 0.242. The van der Waals surface area contributed by atoms with Crippen LogP contribution in [0.2, 0.25) is 0 Å². The fraction of sp³-hybridized carbons (Fsp3) is 0.625. The lowest BCUT2D eigenvalue weighted by atomic mass is 10.1. The van der Waals surface area contributed by atoms with E-state index in [1.807, 2.05) is 6.07 Å². The second-order valence-corrected chi connectivity index (χ2v) is 5.86. The van der Waals surface area contributed by atoms with Crippen molar-refractivity contribution >= 4 is 0 Å². The predicted molar refractivity (Wildman–Crippen MR) is 79.5 cm³/mol. The summed E-state index contributed by atoms with van der Waals surface area (Å²) in [5, 5.41) is 3.56. The largest absolute Gasteiger partial charge is 0.491 e. The van der Waals surface area contributed by atoms with Crippen LogP contribution >= 0.6 is 0 Å². The first-order valence-electron chi connectivity index (χ1n) is 7.28. The van der Waals surface area contributed by atoms with Crippen LogP contribution in [0.25, 0.3) is 0 Å². The molecule has 1 aromatic rings. The van der Waals surface area contributed by atoms with E-state index < -0.39 is 0 Å². The molecular formula is C16H26N2O. The van der Waals surface area contributed by atoms with Gasteiger partial charge in [-0.05, 0) is 64.0 Å². The van der Waals surface area contributed by atoms with Crippen LogP contribution in [0.3, 0.4) is 0 Å². The standard InChI is InChI=1S/C16H26N2O/c1-13(2)19-16-6-4-5-14(9-16)10-17-11-15-7-8-18(3)12-15/h4-6,9,13,15,17H,7-8,10-12H2,1-3H3. The summed E-state index contributed by atoms with van der Waals surface area (Å²) in [5.41, 5.74) is 1.30. The van der Waals surface area contributed by atoms with Crippen molar-refractivity contribution in [2.45, 2.75) is 32.9 Å². The highest BCUT2D eigenvalue weighted by Crippen LogP contribution is 2.16. The number of ether oxygens (including phenoxy) is 1. The molecule has 0 radical (unpaired) electrons. The van der Waals surface area contributed by atoms with Gasteiger partial charge in [0, 0.05) is 13.1 Å². The maximum atomic E-state index is 5.71. The van der Waals surface area contributed by atoms with Crippen molar-refractivity contribution in [3.8, 4) is 5.75 Å². The van der Waals surface area contributed by atoms with Gasteiger partial charge in [0.25, 0.3) is 0 Å². The minimum Gasteiger partial charge on any atom is -0.491 e. The van der Waals surface area contributed by atoms with Gasteiger partial charge in [-0.15, -0.1) is 0 Å². The van der Waals surface area contributed by atoms with Crippen molar-refractivity contribution in [1.82, 2.24) is 10.2 Å². The predicted octanol–water partition coefficient (Wildman–Crippen LogP) is 2.52. The normalized spacial score (nSPS) is 20.1. The van der Waals surface area contributed by atoms with Crippen LogP contribution in [0.15, 0.2) is 24.3 Å². The second-order valence-electron chi connectivity index (χ2n) is 5.86. The minimum atomic E-state index is 0.234. The van der Waals surface area contributed by atoms with Crippen LogP contribution in [-0.4, -0.2) is 37.7 Å². The van der Waals surface area contributed by atoms with Gasteiger partial charge in [0.2, 0.25) is 0 Å². The number of nitrogens with one attached hydrogen (secondary N) is 1. The van der Waals surface area contributed by atoms with Crippen LogP contribution < -0.4 is 10.1 Å². The van der Waals surface area contributed by atoms with E-state index in [0.29, 0.717) is 0 Å². The molecule has 0 spiro atoms. The van der Waals surface area contributed by atoms with Gasteiger partial charge in [0.05, 0.1) is 6.10 Å². The van der Waals surface area contributed by atoms with Crippen molar-refractivity contribution in [1.29, 1.82) is 0 Å². The Morgan fingerprint density at radius 1 is 1.42 bits per heavy atom. The average molecular weight is 262 g/mol. The Kier molecular flexibility index (Phi) is 5.23. The van der Waals surface area contributed by atoms with E-state index in [1.165, 1.54) is 25.1 Å². The molecule has 0 aromatic heterocycles. The SMILES string of the molecule is CC(C)Oc1cccc(CNCC2CCN(C)C2)c1. The summed E-state index contributed by atoms with van der Waals surface area (Å²) in [4.78, 5) is 2.41. The first-order valence-corrected chi connectivity index (χ1v) is 7.28. The smallest absolute Gasteiger partial charge is 0.120 e. The lowest BCUT2D eigenvalue weighted by Gasteiger charge is -2.13. The molecule has 1 atom stereocenters. The molecule has 1 aromatic carbocycles. The summed E-state index contributed by atoms with van der Waals surface area (Å²) >= 11 is 0. The van der Waals surface area contributed by atoms with Gasteiger partial charge < -0.3 is 15.0 Å². The number of hydrogen-bond donors (Lipinski definition) is 1. The van der Waals surface area contributed by atoms with Crippen LogP contribution in [0, 0.1) is 5.92 Å². The molecule has 1 saturated heterocycles. The monoisotopic (exact) mass is 262 g/mol. The fourth-order valence-corrected chi connectivity index (χ4v) is 2.61. The molecule has 19 heavy (non-hydrogen) atoms.